The van der Waals surface area contributed by atoms with E-state index in [1.54, 1.807) is 6.07 Å². The largest absolute Gasteiger partial charge is 0.356 e. The van der Waals surface area contributed by atoms with Crippen molar-refractivity contribution in [3.63, 3.8) is 0 Å². The maximum atomic E-state index is 10.7. The van der Waals surface area contributed by atoms with Crippen molar-refractivity contribution in [3.8, 4) is 0 Å². The van der Waals surface area contributed by atoms with Crippen molar-refractivity contribution in [3.05, 3.63) is 28.3 Å². The fourth-order valence-electron chi connectivity index (χ4n) is 2.65. The third-order valence-electron chi connectivity index (χ3n) is 3.71. The average Bonchev–Trinajstić information content (AvgIpc) is 3.04. The molecule has 1 aromatic heterocycles. The smallest absolute Gasteiger partial charge is 0.271 e. The molecule has 0 aliphatic heterocycles. The molecule has 6 heteroatoms. The number of anilines is 1. The highest BCUT2D eigenvalue weighted by Gasteiger charge is 2.15. The van der Waals surface area contributed by atoms with Crippen LogP contribution in [-0.4, -0.2) is 21.4 Å². The Kier molecular flexibility index (Phi) is 3.06. The number of rotatable bonds is 4. The molecule has 6 nitrogen and oxygen atoms in total. The van der Waals surface area contributed by atoms with Gasteiger partial charge in [-0.1, -0.05) is 12.8 Å². The maximum absolute atomic E-state index is 10.7. The fraction of sp³-hybridized carbons (Fsp3) is 0.462. The second kappa shape index (κ2) is 4.87. The number of nitrogens with one attached hydrogen (secondary N) is 2. The zero-order chi connectivity index (χ0) is 13.2. The van der Waals surface area contributed by atoms with Crippen LogP contribution in [0.2, 0.25) is 0 Å². The predicted molar refractivity (Wildman–Crippen MR) is 73.2 cm³/mol. The van der Waals surface area contributed by atoms with Crippen LogP contribution in [0.5, 0.6) is 0 Å². The summed E-state index contributed by atoms with van der Waals surface area (Å²) in [5.74, 6) is 1.42. The number of aromatic nitrogens is 2. The second-order valence-electron chi connectivity index (χ2n) is 5.08. The van der Waals surface area contributed by atoms with Crippen LogP contribution < -0.4 is 5.32 Å². The summed E-state index contributed by atoms with van der Waals surface area (Å²) in [6.45, 7) is 0.919. The van der Waals surface area contributed by atoms with E-state index in [1.165, 1.54) is 37.8 Å². The summed E-state index contributed by atoms with van der Waals surface area (Å²) in [7, 11) is 0. The number of benzene rings is 1. The summed E-state index contributed by atoms with van der Waals surface area (Å²) in [6, 6.07) is 4.66. The summed E-state index contributed by atoms with van der Waals surface area (Å²) < 4.78 is 0. The van der Waals surface area contributed by atoms with Crippen molar-refractivity contribution in [2.24, 2.45) is 5.92 Å². The number of hydrogen-bond acceptors (Lipinski definition) is 4. The molecule has 0 saturated heterocycles. The van der Waals surface area contributed by atoms with Crippen LogP contribution in [-0.2, 0) is 0 Å². The Labute approximate surface area is 110 Å². The summed E-state index contributed by atoms with van der Waals surface area (Å²) in [6.07, 6.45) is 5.19. The first-order valence-electron chi connectivity index (χ1n) is 6.60. The molecule has 100 valence electrons. The molecule has 0 spiro atoms. The standard InChI is InChI=1S/C13H16N4O2/c18-17(19)10-5-6-11-12(7-10)16-13(15-11)14-8-9-3-1-2-4-9/h5-7,9H,1-4,8H2,(H2,14,15,16). The van der Waals surface area contributed by atoms with Gasteiger partial charge in [0.05, 0.1) is 16.0 Å². The molecule has 1 aromatic carbocycles. The Balaban J connectivity index is 1.75. The van der Waals surface area contributed by atoms with E-state index in [1.807, 2.05) is 0 Å². The Morgan fingerprint density at radius 3 is 2.95 bits per heavy atom. The average molecular weight is 260 g/mol. The van der Waals surface area contributed by atoms with Crippen LogP contribution in [0.1, 0.15) is 25.7 Å². The van der Waals surface area contributed by atoms with E-state index < -0.39 is 4.92 Å². The molecular formula is C13H16N4O2. The SMILES string of the molecule is O=[N+]([O-])c1ccc2nc(NCC3CCCC3)[nH]c2c1. The summed E-state index contributed by atoms with van der Waals surface area (Å²) in [5.41, 5.74) is 1.53. The van der Waals surface area contributed by atoms with E-state index in [-0.39, 0.29) is 5.69 Å². The van der Waals surface area contributed by atoms with Crippen molar-refractivity contribution in [1.82, 2.24) is 9.97 Å². The zero-order valence-electron chi connectivity index (χ0n) is 10.6. The van der Waals surface area contributed by atoms with Gasteiger partial charge in [0.2, 0.25) is 5.95 Å². The molecule has 3 rings (SSSR count). The van der Waals surface area contributed by atoms with Crippen LogP contribution in [0.4, 0.5) is 11.6 Å². The predicted octanol–water partition coefficient (Wildman–Crippen LogP) is 3.07. The molecular weight excluding hydrogens is 244 g/mol. The van der Waals surface area contributed by atoms with Crippen LogP contribution >= 0.6 is 0 Å². The van der Waals surface area contributed by atoms with Crippen LogP contribution in [0.15, 0.2) is 18.2 Å². The summed E-state index contributed by atoms with van der Waals surface area (Å²) >= 11 is 0. The van der Waals surface area contributed by atoms with Crippen LogP contribution in [0.25, 0.3) is 11.0 Å². The minimum atomic E-state index is -0.397. The molecule has 0 bridgehead atoms. The number of H-pyrrole nitrogens is 1. The van der Waals surface area contributed by atoms with Crippen molar-refractivity contribution >= 4 is 22.7 Å². The van der Waals surface area contributed by atoms with Gasteiger partial charge < -0.3 is 10.3 Å². The van der Waals surface area contributed by atoms with E-state index in [2.05, 4.69) is 15.3 Å². The van der Waals surface area contributed by atoms with Crippen molar-refractivity contribution in [2.75, 3.05) is 11.9 Å². The van der Waals surface area contributed by atoms with E-state index >= 15 is 0 Å². The quantitative estimate of drug-likeness (QED) is 0.653. The van der Waals surface area contributed by atoms with Crippen molar-refractivity contribution < 1.29 is 4.92 Å². The molecule has 1 saturated carbocycles. The molecule has 1 aliphatic carbocycles. The van der Waals surface area contributed by atoms with E-state index in [4.69, 9.17) is 0 Å². The van der Waals surface area contributed by atoms with Gasteiger partial charge in [0, 0.05) is 18.7 Å². The molecule has 1 fully saturated rings. The summed E-state index contributed by atoms with van der Waals surface area (Å²) in [4.78, 5) is 17.8. The summed E-state index contributed by atoms with van der Waals surface area (Å²) in [5, 5.41) is 14.0. The number of nitro benzene ring substituents is 1. The maximum Gasteiger partial charge on any atom is 0.271 e. The monoisotopic (exact) mass is 260 g/mol. The first-order chi connectivity index (χ1) is 9.22. The Morgan fingerprint density at radius 2 is 2.21 bits per heavy atom. The van der Waals surface area contributed by atoms with Gasteiger partial charge in [-0.2, -0.15) is 0 Å². The number of non-ortho nitro benzene ring substituents is 1. The van der Waals surface area contributed by atoms with Crippen molar-refractivity contribution in [2.45, 2.75) is 25.7 Å². The zero-order valence-corrected chi connectivity index (χ0v) is 10.6. The number of nitrogens with zero attached hydrogens (tertiary/aromatic N) is 2. The van der Waals surface area contributed by atoms with Gasteiger partial charge in [0.25, 0.3) is 5.69 Å². The molecule has 0 radical (unpaired) electrons. The molecule has 19 heavy (non-hydrogen) atoms. The minimum Gasteiger partial charge on any atom is -0.356 e. The van der Waals surface area contributed by atoms with Crippen LogP contribution in [0, 0.1) is 16.0 Å². The molecule has 2 aromatic rings. The first kappa shape index (κ1) is 12.0. The highest BCUT2D eigenvalue weighted by atomic mass is 16.6. The van der Waals surface area contributed by atoms with Gasteiger partial charge in [-0.3, -0.25) is 10.1 Å². The highest BCUT2D eigenvalue weighted by Crippen LogP contribution is 2.25. The lowest BCUT2D eigenvalue weighted by Crippen LogP contribution is -2.11. The first-order valence-corrected chi connectivity index (χ1v) is 6.60. The third kappa shape index (κ3) is 2.52. The lowest BCUT2D eigenvalue weighted by atomic mass is 10.1. The number of imidazole rings is 1. The number of fused-ring (bicyclic) bond motifs is 1. The molecule has 1 aliphatic rings. The normalized spacial score (nSPS) is 16.0. The molecule has 1 heterocycles. The number of aromatic amines is 1. The van der Waals surface area contributed by atoms with E-state index in [0.717, 1.165) is 18.0 Å². The van der Waals surface area contributed by atoms with E-state index in [9.17, 15) is 10.1 Å². The highest BCUT2D eigenvalue weighted by molar-refractivity contribution is 5.79. The van der Waals surface area contributed by atoms with Gasteiger partial charge in [0.1, 0.15) is 0 Å². The molecule has 0 unspecified atom stereocenters. The molecule has 0 amide bonds. The van der Waals surface area contributed by atoms with Gasteiger partial charge in [0.15, 0.2) is 0 Å². The minimum absolute atomic E-state index is 0.0819. The number of nitro groups is 1. The number of hydrogen-bond donors (Lipinski definition) is 2. The van der Waals surface area contributed by atoms with Gasteiger partial charge in [-0.05, 0) is 24.8 Å². The van der Waals surface area contributed by atoms with Gasteiger partial charge in [-0.25, -0.2) is 4.98 Å². The Hall–Kier alpha value is -2.11. The topological polar surface area (TPSA) is 83.8 Å². The lowest BCUT2D eigenvalue weighted by Gasteiger charge is -2.08. The molecule has 2 N–H and O–H groups in total. The third-order valence-corrected chi connectivity index (χ3v) is 3.71. The van der Waals surface area contributed by atoms with Crippen LogP contribution in [0.3, 0.4) is 0 Å². The van der Waals surface area contributed by atoms with E-state index in [0.29, 0.717) is 11.5 Å². The lowest BCUT2D eigenvalue weighted by molar-refractivity contribution is -0.384. The second-order valence-corrected chi connectivity index (χ2v) is 5.08. The Morgan fingerprint density at radius 1 is 1.42 bits per heavy atom. The van der Waals surface area contributed by atoms with Gasteiger partial charge in [-0.15, -0.1) is 0 Å². The Bertz CT molecular complexity index is 602. The molecule has 0 atom stereocenters. The fourth-order valence-corrected chi connectivity index (χ4v) is 2.65. The van der Waals surface area contributed by atoms with Gasteiger partial charge >= 0.3 is 0 Å². The van der Waals surface area contributed by atoms with Crippen molar-refractivity contribution in [1.29, 1.82) is 0 Å².